The predicted octanol–water partition coefficient (Wildman–Crippen LogP) is 1.31. The van der Waals surface area contributed by atoms with Gasteiger partial charge in [-0.25, -0.2) is 13.8 Å². The zero-order valence-electron chi connectivity index (χ0n) is 13.4. The summed E-state index contributed by atoms with van der Waals surface area (Å²) in [5.74, 6) is -0.546. The zero-order valence-corrected chi connectivity index (χ0v) is 14.2. The van der Waals surface area contributed by atoms with Gasteiger partial charge in [0.05, 0.1) is 23.9 Å². The van der Waals surface area contributed by atoms with Crippen LogP contribution in [0.25, 0.3) is 0 Å². The number of sulfonamides is 1. The van der Waals surface area contributed by atoms with E-state index in [1.54, 1.807) is 55.6 Å². The van der Waals surface area contributed by atoms with Gasteiger partial charge in [-0.1, -0.05) is 24.3 Å². The molecular weight excluding hydrogens is 328 g/mol. The summed E-state index contributed by atoms with van der Waals surface area (Å²) < 4.78 is 25.1. The van der Waals surface area contributed by atoms with Gasteiger partial charge in [-0.05, 0) is 30.7 Å². The van der Waals surface area contributed by atoms with Crippen LogP contribution in [0.4, 0.5) is 5.69 Å². The number of para-hydroxylation sites is 1. The molecule has 8 heteroatoms. The minimum atomic E-state index is -3.60. The summed E-state index contributed by atoms with van der Waals surface area (Å²) in [5.41, 5.74) is 4.11. The Balaban J connectivity index is 2.09. The number of hydrogen-bond donors (Lipinski definition) is 1. The zero-order chi connectivity index (χ0) is 17.6. The van der Waals surface area contributed by atoms with E-state index in [2.05, 4.69) is 15.5 Å². The Morgan fingerprint density at radius 2 is 1.96 bits per heavy atom. The molecule has 1 heterocycles. The van der Waals surface area contributed by atoms with Gasteiger partial charge in [0.25, 0.3) is 5.91 Å². The van der Waals surface area contributed by atoms with E-state index in [4.69, 9.17) is 0 Å². The molecule has 0 unspecified atom stereocenters. The van der Waals surface area contributed by atoms with Crippen LogP contribution in [-0.4, -0.2) is 38.3 Å². The van der Waals surface area contributed by atoms with Crippen molar-refractivity contribution in [2.75, 3.05) is 17.1 Å². The first kappa shape index (κ1) is 17.6. The average molecular weight is 346 g/mol. The Morgan fingerprint density at radius 1 is 1.25 bits per heavy atom. The van der Waals surface area contributed by atoms with Gasteiger partial charge in [0.1, 0.15) is 6.54 Å². The third-order valence-electron chi connectivity index (χ3n) is 3.15. The summed E-state index contributed by atoms with van der Waals surface area (Å²) in [6, 6.07) is 12.2. The smallest absolute Gasteiger partial charge is 0.260 e. The van der Waals surface area contributed by atoms with Crippen LogP contribution >= 0.6 is 0 Å². The molecule has 0 atom stereocenters. The van der Waals surface area contributed by atoms with Crippen LogP contribution in [0.15, 0.2) is 53.8 Å². The van der Waals surface area contributed by atoms with Crippen LogP contribution in [0.3, 0.4) is 0 Å². The molecule has 0 bridgehead atoms. The second kappa shape index (κ2) is 7.69. The molecule has 0 aliphatic carbocycles. The quantitative estimate of drug-likeness (QED) is 0.630. The van der Waals surface area contributed by atoms with Gasteiger partial charge in [-0.15, -0.1) is 0 Å². The normalized spacial score (nSPS) is 11.4. The summed E-state index contributed by atoms with van der Waals surface area (Å²) >= 11 is 0. The molecule has 1 aromatic carbocycles. The number of aryl methyl sites for hydroxylation is 1. The number of nitrogens with zero attached hydrogens (tertiary/aromatic N) is 3. The first-order valence-electron chi connectivity index (χ1n) is 7.14. The van der Waals surface area contributed by atoms with Gasteiger partial charge in [0.2, 0.25) is 10.0 Å². The number of carbonyl (C=O) groups excluding carboxylic acids is 1. The number of amides is 1. The maximum atomic E-state index is 12.0. The number of aromatic nitrogens is 1. The van der Waals surface area contributed by atoms with Crippen molar-refractivity contribution in [1.29, 1.82) is 0 Å². The van der Waals surface area contributed by atoms with Crippen LogP contribution in [0.2, 0.25) is 0 Å². The molecule has 2 rings (SSSR count). The monoisotopic (exact) mass is 346 g/mol. The van der Waals surface area contributed by atoms with Gasteiger partial charge in [0, 0.05) is 6.20 Å². The molecule has 1 amide bonds. The van der Waals surface area contributed by atoms with Crippen LogP contribution in [0.1, 0.15) is 11.3 Å². The van der Waals surface area contributed by atoms with E-state index < -0.39 is 15.9 Å². The molecule has 1 aromatic heterocycles. The van der Waals surface area contributed by atoms with Crippen LogP contribution in [0, 0.1) is 6.92 Å². The van der Waals surface area contributed by atoms with Crippen molar-refractivity contribution in [3.8, 4) is 0 Å². The number of benzene rings is 1. The van der Waals surface area contributed by atoms with Gasteiger partial charge >= 0.3 is 0 Å². The number of nitrogens with one attached hydrogen (secondary N) is 1. The molecule has 7 nitrogen and oxygen atoms in total. The number of anilines is 1. The molecule has 2 aromatic rings. The Labute approximate surface area is 141 Å². The van der Waals surface area contributed by atoms with Crippen LogP contribution in [-0.2, 0) is 14.8 Å². The van der Waals surface area contributed by atoms with Crippen molar-refractivity contribution in [1.82, 2.24) is 10.4 Å². The van der Waals surface area contributed by atoms with Crippen molar-refractivity contribution in [2.45, 2.75) is 6.92 Å². The lowest BCUT2D eigenvalue weighted by molar-refractivity contribution is -0.119. The predicted molar refractivity (Wildman–Crippen MR) is 93.3 cm³/mol. The molecule has 1 N–H and O–H groups in total. The van der Waals surface area contributed by atoms with Crippen molar-refractivity contribution >= 4 is 27.8 Å². The molecule has 0 radical (unpaired) electrons. The maximum absolute atomic E-state index is 12.0. The summed E-state index contributed by atoms with van der Waals surface area (Å²) in [6.07, 6.45) is 4.05. The van der Waals surface area contributed by atoms with E-state index >= 15 is 0 Å². The fourth-order valence-corrected chi connectivity index (χ4v) is 2.93. The summed E-state index contributed by atoms with van der Waals surface area (Å²) in [4.78, 5) is 16.1. The van der Waals surface area contributed by atoms with E-state index in [1.165, 1.54) is 6.21 Å². The van der Waals surface area contributed by atoms with Crippen molar-refractivity contribution in [2.24, 2.45) is 5.10 Å². The Bertz CT molecular complexity index is 835. The number of hydrazone groups is 1. The number of hydrogen-bond acceptors (Lipinski definition) is 5. The highest BCUT2D eigenvalue weighted by atomic mass is 32.2. The van der Waals surface area contributed by atoms with Crippen molar-refractivity contribution in [3.63, 3.8) is 0 Å². The minimum absolute atomic E-state index is 0.358. The van der Waals surface area contributed by atoms with Crippen molar-refractivity contribution < 1.29 is 13.2 Å². The van der Waals surface area contributed by atoms with Gasteiger partial charge in [-0.3, -0.25) is 14.1 Å². The standard InChI is InChI=1S/C16H18N4O3S/c1-13-7-3-4-9-15(13)20(24(2,22)23)12-16(21)19-18-11-14-8-5-6-10-17-14/h3-11H,12H2,1-2H3,(H,19,21)/b18-11-. The lowest BCUT2D eigenvalue weighted by Gasteiger charge is -2.23. The molecule has 0 saturated carbocycles. The highest BCUT2D eigenvalue weighted by molar-refractivity contribution is 7.92. The lowest BCUT2D eigenvalue weighted by Crippen LogP contribution is -2.39. The molecule has 0 saturated heterocycles. The topological polar surface area (TPSA) is 91.7 Å². The highest BCUT2D eigenvalue weighted by Gasteiger charge is 2.21. The molecule has 0 aliphatic rings. The highest BCUT2D eigenvalue weighted by Crippen LogP contribution is 2.21. The van der Waals surface area contributed by atoms with Crippen molar-refractivity contribution in [3.05, 3.63) is 59.9 Å². The molecule has 24 heavy (non-hydrogen) atoms. The number of rotatable bonds is 6. The van der Waals surface area contributed by atoms with Gasteiger partial charge < -0.3 is 0 Å². The summed E-state index contributed by atoms with van der Waals surface area (Å²) in [7, 11) is -3.60. The number of pyridine rings is 1. The van der Waals surface area contributed by atoms with E-state index in [9.17, 15) is 13.2 Å². The van der Waals surface area contributed by atoms with Crippen LogP contribution in [0.5, 0.6) is 0 Å². The second-order valence-corrected chi connectivity index (χ2v) is 7.01. The minimum Gasteiger partial charge on any atom is -0.271 e. The maximum Gasteiger partial charge on any atom is 0.260 e. The summed E-state index contributed by atoms with van der Waals surface area (Å²) in [6.45, 7) is 1.42. The third-order valence-corrected chi connectivity index (χ3v) is 4.27. The fourth-order valence-electron chi connectivity index (χ4n) is 2.01. The van der Waals surface area contributed by atoms with Crippen LogP contribution < -0.4 is 9.73 Å². The average Bonchev–Trinajstić information content (AvgIpc) is 2.53. The second-order valence-electron chi connectivity index (χ2n) is 5.10. The van der Waals surface area contributed by atoms with E-state index in [0.29, 0.717) is 11.4 Å². The Kier molecular flexibility index (Phi) is 5.64. The molecular formula is C16H18N4O3S. The Morgan fingerprint density at radius 3 is 2.58 bits per heavy atom. The number of carbonyl (C=O) groups is 1. The molecule has 126 valence electrons. The molecule has 0 fully saturated rings. The Hall–Kier alpha value is -2.74. The van der Waals surface area contributed by atoms with Gasteiger partial charge in [0.15, 0.2) is 0 Å². The third kappa shape index (κ3) is 4.88. The SMILES string of the molecule is Cc1ccccc1N(CC(=O)N/N=C\c1ccccn1)S(C)(=O)=O. The van der Waals surface area contributed by atoms with Gasteiger partial charge in [-0.2, -0.15) is 5.10 Å². The first-order chi connectivity index (χ1) is 11.4. The largest absolute Gasteiger partial charge is 0.271 e. The van der Waals surface area contributed by atoms with E-state index in [-0.39, 0.29) is 6.54 Å². The van der Waals surface area contributed by atoms with E-state index in [1.807, 2.05) is 0 Å². The fraction of sp³-hybridized carbons (Fsp3) is 0.188. The summed E-state index contributed by atoms with van der Waals surface area (Å²) in [5, 5.41) is 3.78. The van der Waals surface area contributed by atoms with E-state index in [0.717, 1.165) is 16.1 Å². The first-order valence-corrected chi connectivity index (χ1v) is 8.99. The molecule has 0 aliphatic heterocycles. The lowest BCUT2D eigenvalue weighted by atomic mass is 10.2. The molecule has 0 spiro atoms.